The SMILES string of the molecule is c1ccc2c(c1)-c1ccccc1C21c2ccccc2N2c3c(cccc31)B1c3c(cc4c(oc5ccccc54)c32)-c2cccc3c4cc5ccccc5cc4n1c23. The Balaban J connectivity index is 1.19. The Kier molecular flexibility index (Phi) is 4.96. The molecular weight excluding hydrogens is 691 g/mol. The van der Waals surface area contributed by atoms with Crippen molar-refractivity contribution in [3.63, 3.8) is 0 Å². The molecule has 0 fully saturated rings. The standard InChI is InChI=1S/C53H29BN2O/c1-2-14-31-28-46-37(27-30(31)13-1)35-18-11-19-36-38-29-39-34-17-5-10-26-47(34)57-52(39)51-48(38)54(56(46)49(35)36)44-24-12-23-43-50(44)55(51)45-25-9-8-22-42(45)53(43)40-20-6-3-15-32(40)33-16-4-7-21-41(33)53/h1-29H. The minimum absolute atomic E-state index is 0.0934. The third kappa shape index (κ3) is 3.15. The van der Waals surface area contributed by atoms with Crippen LogP contribution in [0.5, 0.6) is 0 Å². The number of furan rings is 1. The molecule has 2 aromatic heterocycles. The number of fused-ring (bicyclic) bond motifs is 21. The van der Waals surface area contributed by atoms with Crippen LogP contribution in [0.15, 0.2) is 180 Å². The molecule has 0 saturated carbocycles. The lowest BCUT2D eigenvalue weighted by molar-refractivity contribution is 0.668. The smallest absolute Gasteiger partial charge is 0.333 e. The van der Waals surface area contributed by atoms with Crippen LogP contribution < -0.4 is 15.8 Å². The molecule has 3 nitrogen and oxygen atoms in total. The molecule has 0 amide bonds. The molecule has 5 heterocycles. The molecule has 1 spiro atoms. The molecule has 1 aliphatic carbocycles. The molecule has 4 heteroatoms. The van der Waals surface area contributed by atoms with Crippen molar-refractivity contribution in [2.75, 3.05) is 4.90 Å². The topological polar surface area (TPSA) is 21.3 Å². The molecule has 0 saturated heterocycles. The van der Waals surface area contributed by atoms with Crippen molar-refractivity contribution in [3.8, 4) is 22.3 Å². The van der Waals surface area contributed by atoms with E-state index in [0.29, 0.717) is 0 Å². The zero-order valence-corrected chi connectivity index (χ0v) is 30.6. The predicted molar refractivity (Wildman–Crippen MR) is 236 cm³/mol. The number of anilines is 3. The molecule has 260 valence electrons. The lowest BCUT2D eigenvalue weighted by Crippen LogP contribution is -2.58. The number of benzene rings is 9. The van der Waals surface area contributed by atoms with Crippen LogP contribution in [0.2, 0.25) is 0 Å². The summed E-state index contributed by atoms with van der Waals surface area (Å²) < 4.78 is 9.80. The van der Waals surface area contributed by atoms with Crippen LogP contribution in [-0.2, 0) is 5.41 Å². The van der Waals surface area contributed by atoms with Crippen molar-refractivity contribution in [3.05, 3.63) is 198 Å². The molecule has 0 radical (unpaired) electrons. The number of hydrogen-bond acceptors (Lipinski definition) is 2. The minimum atomic E-state index is -0.509. The monoisotopic (exact) mass is 720 g/mol. The van der Waals surface area contributed by atoms with Gasteiger partial charge in [-0.25, -0.2) is 0 Å². The highest BCUT2D eigenvalue weighted by Crippen LogP contribution is 2.64. The number of hydrogen-bond donors (Lipinski definition) is 0. The van der Waals surface area contributed by atoms with E-state index in [1.54, 1.807) is 0 Å². The maximum absolute atomic E-state index is 7.12. The van der Waals surface area contributed by atoms with E-state index in [-0.39, 0.29) is 6.85 Å². The van der Waals surface area contributed by atoms with Gasteiger partial charge >= 0.3 is 6.85 Å². The van der Waals surface area contributed by atoms with Gasteiger partial charge in [-0.2, -0.15) is 0 Å². The average molecular weight is 721 g/mol. The number of nitrogens with zero attached hydrogens (tertiary/aromatic N) is 2. The zero-order valence-electron chi connectivity index (χ0n) is 30.6. The molecule has 4 aliphatic rings. The van der Waals surface area contributed by atoms with Gasteiger partial charge in [0.25, 0.3) is 0 Å². The lowest BCUT2D eigenvalue weighted by atomic mass is 9.44. The molecular formula is C53H29BN2O. The van der Waals surface area contributed by atoms with Crippen LogP contribution in [0.1, 0.15) is 22.3 Å². The maximum Gasteiger partial charge on any atom is 0.333 e. The van der Waals surface area contributed by atoms with Gasteiger partial charge in [-0.1, -0.05) is 146 Å². The fraction of sp³-hybridized carbons (Fsp3) is 0.0189. The van der Waals surface area contributed by atoms with E-state index < -0.39 is 5.41 Å². The lowest BCUT2D eigenvalue weighted by Gasteiger charge is -2.49. The molecule has 0 unspecified atom stereocenters. The minimum Gasteiger partial charge on any atom is -0.454 e. The first-order chi connectivity index (χ1) is 28.3. The van der Waals surface area contributed by atoms with Gasteiger partial charge in [-0.05, 0) is 91.0 Å². The Morgan fingerprint density at radius 2 is 1.11 bits per heavy atom. The average Bonchev–Trinajstić information content (AvgIpc) is 3.90. The Hall–Kier alpha value is -7.30. The van der Waals surface area contributed by atoms with E-state index in [0.717, 1.165) is 27.6 Å². The van der Waals surface area contributed by atoms with Crippen LogP contribution in [0.3, 0.4) is 0 Å². The first-order valence-corrected chi connectivity index (χ1v) is 20.0. The fourth-order valence-corrected chi connectivity index (χ4v) is 11.9. The highest BCUT2D eigenvalue weighted by atomic mass is 16.3. The van der Waals surface area contributed by atoms with Gasteiger partial charge in [0.1, 0.15) is 5.58 Å². The quantitative estimate of drug-likeness (QED) is 0.146. The first kappa shape index (κ1) is 29.1. The van der Waals surface area contributed by atoms with Gasteiger partial charge in [0, 0.05) is 43.8 Å². The van der Waals surface area contributed by atoms with Crippen molar-refractivity contribution in [1.82, 2.24) is 4.48 Å². The summed E-state index contributed by atoms with van der Waals surface area (Å²) in [6.07, 6.45) is 0. The maximum atomic E-state index is 7.12. The normalized spacial score (nSPS) is 14.7. The van der Waals surface area contributed by atoms with E-state index in [4.69, 9.17) is 4.42 Å². The van der Waals surface area contributed by atoms with E-state index in [1.807, 2.05) is 0 Å². The number of rotatable bonds is 0. The van der Waals surface area contributed by atoms with Gasteiger partial charge in [0.15, 0.2) is 5.58 Å². The van der Waals surface area contributed by atoms with E-state index in [2.05, 4.69) is 185 Å². The first-order valence-electron chi connectivity index (χ1n) is 20.0. The Morgan fingerprint density at radius 3 is 1.95 bits per heavy atom. The van der Waals surface area contributed by atoms with Crippen LogP contribution in [-0.4, -0.2) is 11.3 Å². The summed E-state index contributed by atoms with van der Waals surface area (Å²) in [7, 11) is 0. The zero-order chi connectivity index (χ0) is 36.7. The van der Waals surface area contributed by atoms with Crippen LogP contribution >= 0.6 is 0 Å². The molecule has 0 bridgehead atoms. The van der Waals surface area contributed by atoms with Crippen molar-refractivity contribution in [1.29, 1.82) is 0 Å². The van der Waals surface area contributed by atoms with Crippen molar-refractivity contribution >= 4 is 89.4 Å². The van der Waals surface area contributed by atoms with Crippen LogP contribution in [0.4, 0.5) is 17.1 Å². The van der Waals surface area contributed by atoms with Crippen LogP contribution in [0.25, 0.3) is 76.8 Å². The van der Waals surface area contributed by atoms with Crippen molar-refractivity contribution < 1.29 is 4.42 Å². The van der Waals surface area contributed by atoms with E-state index >= 15 is 0 Å². The largest absolute Gasteiger partial charge is 0.454 e. The van der Waals surface area contributed by atoms with Gasteiger partial charge in [0.05, 0.1) is 16.8 Å². The van der Waals surface area contributed by atoms with Gasteiger partial charge in [-0.15, -0.1) is 0 Å². The summed E-state index contributed by atoms with van der Waals surface area (Å²) in [5.74, 6) is 0. The van der Waals surface area contributed by atoms with Crippen molar-refractivity contribution in [2.45, 2.75) is 5.41 Å². The summed E-state index contributed by atoms with van der Waals surface area (Å²) in [6, 6.07) is 66.1. The summed E-state index contributed by atoms with van der Waals surface area (Å²) in [5.41, 5.74) is 20.6. The van der Waals surface area contributed by atoms with Crippen LogP contribution in [0, 0.1) is 0 Å². The summed E-state index contributed by atoms with van der Waals surface area (Å²) in [6.45, 7) is -0.0934. The fourth-order valence-electron chi connectivity index (χ4n) is 11.9. The third-order valence-corrected chi connectivity index (χ3v) is 13.9. The van der Waals surface area contributed by atoms with Gasteiger partial charge in [-0.3, -0.25) is 0 Å². The number of para-hydroxylation sites is 4. The van der Waals surface area contributed by atoms with Gasteiger partial charge < -0.3 is 13.8 Å². The second kappa shape index (κ2) is 9.73. The molecule has 15 rings (SSSR count). The Bertz CT molecular complexity index is 3640. The Labute approximate surface area is 327 Å². The highest BCUT2D eigenvalue weighted by molar-refractivity contribution is 6.90. The number of aromatic nitrogens is 1. The second-order valence-corrected chi connectivity index (χ2v) is 16.3. The molecule has 11 aromatic rings. The summed E-state index contributed by atoms with van der Waals surface area (Å²) >= 11 is 0. The predicted octanol–water partition coefficient (Wildman–Crippen LogP) is 11.9. The second-order valence-electron chi connectivity index (χ2n) is 16.3. The summed E-state index contributed by atoms with van der Waals surface area (Å²) in [4.78, 5) is 2.60. The third-order valence-electron chi connectivity index (χ3n) is 13.9. The Morgan fingerprint density at radius 1 is 0.456 bits per heavy atom. The molecule has 3 aliphatic heterocycles. The summed E-state index contributed by atoms with van der Waals surface area (Å²) in [5, 5.41) is 7.41. The molecule has 0 atom stereocenters. The molecule has 9 aromatic carbocycles. The molecule has 0 N–H and O–H groups in total. The highest BCUT2D eigenvalue weighted by Gasteiger charge is 2.55. The van der Waals surface area contributed by atoms with Crippen molar-refractivity contribution in [2.24, 2.45) is 0 Å². The molecule has 57 heavy (non-hydrogen) atoms. The van der Waals surface area contributed by atoms with Gasteiger partial charge in [0.2, 0.25) is 0 Å². The van der Waals surface area contributed by atoms with E-state index in [1.165, 1.54) is 99.4 Å². The van der Waals surface area contributed by atoms with E-state index in [9.17, 15) is 0 Å².